The van der Waals surface area contributed by atoms with Crippen LogP contribution in [0.25, 0.3) is 0 Å². The number of likely N-dealkylation sites (N-methyl/N-ethyl adjacent to an activating group) is 2. The number of fused-ring (bicyclic) bond motifs is 2. The second-order valence-electron chi connectivity index (χ2n) is 7.65. The molecule has 0 aromatic heterocycles. The van der Waals surface area contributed by atoms with Crippen molar-refractivity contribution in [1.82, 2.24) is 0 Å². The van der Waals surface area contributed by atoms with E-state index in [1.165, 1.54) is 12.1 Å². The van der Waals surface area contributed by atoms with Gasteiger partial charge < -0.3 is 35.2 Å². The molecule has 9 heteroatoms. The Hall–Kier alpha value is -3.14. The van der Waals surface area contributed by atoms with Gasteiger partial charge in [-0.1, -0.05) is 0 Å². The van der Waals surface area contributed by atoms with Gasteiger partial charge in [-0.3, -0.25) is 9.59 Å². The van der Waals surface area contributed by atoms with Crippen molar-refractivity contribution in [2.24, 2.45) is 0 Å². The van der Waals surface area contributed by atoms with Crippen LogP contribution in [0.5, 0.6) is 11.5 Å². The number of anilines is 2. The van der Waals surface area contributed by atoms with Gasteiger partial charge in [0.2, 0.25) is 11.6 Å². The lowest BCUT2D eigenvalue weighted by Crippen LogP contribution is -2.39. The Balaban J connectivity index is 2.07. The van der Waals surface area contributed by atoms with Crippen molar-refractivity contribution in [2.45, 2.75) is 0 Å². The summed E-state index contributed by atoms with van der Waals surface area (Å²) >= 11 is 0. The highest BCUT2D eigenvalue weighted by molar-refractivity contribution is 6.33. The molecule has 0 fully saturated rings. The summed E-state index contributed by atoms with van der Waals surface area (Å²) in [6, 6.07) is 4.48. The number of rotatable bonds is 8. The minimum absolute atomic E-state index is 0.0705. The van der Waals surface area contributed by atoms with Crippen molar-refractivity contribution in [3.05, 3.63) is 51.7 Å². The number of phenols is 2. The van der Waals surface area contributed by atoms with E-state index in [0.717, 1.165) is 19.2 Å². The van der Waals surface area contributed by atoms with E-state index in [1.54, 1.807) is 0 Å². The Bertz CT molecular complexity index is 1330. The van der Waals surface area contributed by atoms with E-state index >= 15 is 0 Å². The minimum Gasteiger partial charge on any atom is -0.633 e. The molecule has 9 nitrogen and oxygen atoms in total. The molecule has 1 aliphatic rings. The van der Waals surface area contributed by atoms with Gasteiger partial charge in [-0.05, 0) is 24.3 Å². The molecular formula is C23H31N4O5+. The van der Waals surface area contributed by atoms with E-state index in [1.807, 2.05) is 0 Å². The van der Waals surface area contributed by atoms with Crippen LogP contribution in [-0.4, -0.2) is 92.0 Å². The number of phenolic OH excluding ortho intramolecular Hbond substituents is 2. The Labute approximate surface area is 204 Å². The van der Waals surface area contributed by atoms with Gasteiger partial charge in [0.1, 0.15) is 11.5 Å². The van der Waals surface area contributed by atoms with E-state index in [9.17, 15) is 25.0 Å². The van der Waals surface area contributed by atoms with Crippen LogP contribution in [0.4, 0.5) is 11.4 Å². The van der Waals surface area contributed by atoms with Gasteiger partial charge in [0.05, 0.1) is 99.8 Å². The first-order chi connectivity index (χ1) is 19.8. The molecule has 0 atom stereocenters. The summed E-state index contributed by atoms with van der Waals surface area (Å²) < 4.78 is 87.2. The van der Waals surface area contributed by atoms with Crippen molar-refractivity contribution < 1.29 is 45.4 Å². The van der Waals surface area contributed by atoms with Crippen LogP contribution in [-0.2, 0) is 0 Å². The number of hydroxylamine groups is 3. The Morgan fingerprint density at radius 2 is 1.28 bits per heavy atom. The summed E-state index contributed by atoms with van der Waals surface area (Å²) in [6.07, 6.45) is 0. The molecule has 32 heavy (non-hydrogen) atoms. The molecule has 0 saturated heterocycles. The zero-order chi connectivity index (χ0) is 33.8. The average Bonchev–Trinajstić information content (AvgIpc) is 2.86. The quantitative estimate of drug-likeness (QED) is 0.233. The van der Waals surface area contributed by atoms with Gasteiger partial charge in [-0.25, -0.2) is 0 Å². The van der Waals surface area contributed by atoms with Crippen molar-refractivity contribution in [1.29, 1.82) is 0 Å². The van der Waals surface area contributed by atoms with Crippen molar-refractivity contribution in [2.75, 3.05) is 71.8 Å². The van der Waals surface area contributed by atoms with Crippen LogP contribution < -0.4 is 10.6 Å². The first-order valence-corrected chi connectivity index (χ1v) is 9.54. The third-order valence-corrected chi connectivity index (χ3v) is 4.89. The third kappa shape index (κ3) is 4.85. The zero-order valence-corrected chi connectivity index (χ0v) is 17.2. The maximum atomic E-state index is 13.7. The number of aromatic hydroxyl groups is 2. The predicted molar refractivity (Wildman–Crippen MR) is 123 cm³/mol. The van der Waals surface area contributed by atoms with Crippen LogP contribution >= 0.6 is 0 Å². The molecule has 0 saturated carbocycles. The molecular weight excluding hydrogens is 412 g/mol. The second-order valence-corrected chi connectivity index (χ2v) is 7.65. The SMILES string of the molecule is [2H]C([2H])([2H])[N+](C)(CCNc1ccc(NCC[N+]([O-])(C([2H])([2H])[2H])C([2H])([2H])[2H])c2c1C(=O)c1c(O)ccc(O)c1C2=O)C([2H])([2H])[2H]. The van der Waals surface area contributed by atoms with Gasteiger partial charge in [0.25, 0.3) is 0 Å². The number of carbonyl (C=O) groups excluding carboxylic acids is 2. The minimum atomic E-state index is -3.48. The molecule has 0 heterocycles. The topological polar surface area (TPSA) is 122 Å². The number of quaternary nitrogens is 2. The molecule has 0 spiro atoms. The monoisotopic (exact) mass is 455 g/mol. The highest BCUT2D eigenvalue weighted by atomic mass is 16.5. The number of nitrogens with one attached hydrogen (secondary N) is 2. The molecule has 0 radical (unpaired) electrons. The summed E-state index contributed by atoms with van der Waals surface area (Å²) in [5, 5.41) is 39.1. The fourth-order valence-corrected chi connectivity index (χ4v) is 3.42. The fourth-order valence-electron chi connectivity index (χ4n) is 3.42. The summed E-state index contributed by atoms with van der Waals surface area (Å²) in [5.74, 6) is -3.19. The number of benzene rings is 2. The van der Waals surface area contributed by atoms with Crippen LogP contribution in [0.1, 0.15) is 48.3 Å². The predicted octanol–water partition coefficient (Wildman–Crippen LogP) is 1.98. The molecule has 4 N–H and O–H groups in total. The molecule has 3 rings (SSSR count). The summed E-state index contributed by atoms with van der Waals surface area (Å²) in [4.78, 5) is 27.4. The smallest absolute Gasteiger partial charge is 0.200 e. The second kappa shape index (κ2) is 8.42. The standard InChI is InChI=1S/C23H30N4O5/c1-26(2,3)12-10-24-14-6-7-15(25-11-13-27(4,5)32)19-18(14)22(30)20-16(28)8-9-17(29)21(20)23(19)31/h6-9H,10-13H2,1-5H3,(H3-,24,25,28,29,30,31)/p+1/i1D3,2D3,4D3,5D3. The number of carbonyl (C=O) groups is 2. The average molecular weight is 456 g/mol. The molecule has 0 amide bonds. The van der Waals surface area contributed by atoms with E-state index < -0.39 is 90.9 Å². The third-order valence-electron chi connectivity index (χ3n) is 4.89. The lowest BCUT2D eigenvalue weighted by atomic mass is 9.81. The number of ketones is 2. The lowest BCUT2D eigenvalue weighted by molar-refractivity contribution is -0.868. The number of hydrogen-bond donors (Lipinski definition) is 4. The number of nitrogens with zero attached hydrogens (tertiary/aromatic N) is 2. The van der Waals surface area contributed by atoms with Crippen LogP contribution in [0.2, 0.25) is 0 Å². The van der Waals surface area contributed by atoms with Gasteiger partial charge in [0, 0.05) is 11.4 Å². The van der Waals surface area contributed by atoms with E-state index in [-0.39, 0.29) is 29.0 Å². The largest absolute Gasteiger partial charge is 0.633 e. The van der Waals surface area contributed by atoms with Crippen molar-refractivity contribution >= 4 is 22.9 Å². The highest BCUT2D eigenvalue weighted by Crippen LogP contribution is 2.42. The Morgan fingerprint density at radius 1 is 0.812 bits per heavy atom. The van der Waals surface area contributed by atoms with Crippen molar-refractivity contribution in [3.63, 3.8) is 0 Å². The van der Waals surface area contributed by atoms with Crippen LogP contribution in [0.15, 0.2) is 24.3 Å². The molecule has 2 aromatic carbocycles. The highest BCUT2D eigenvalue weighted by Gasteiger charge is 2.38. The van der Waals surface area contributed by atoms with Gasteiger partial charge in [0.15, 0.2) is 0 Å². The van der Waals surface area contributed by atoms with E-state index in [4.69, 9.17) is 16.4 Å². The molecule has 1 aliphatic carbocycles. The zero-order valence-electron chi connectivity index (χ0n) is 29.2. The number of hydrogen-bond acceptors (Lipinski definition) is 7. The maximum Gasteiger partial charge on any atom is 0.200 e. The summed E-state index contributed by atoms with van der Waals surface area (Å²) in [6.45, 7) is -15.3. The molecule has 2 aromatic rings. The van der Waals surface area contributed by atoms with Gasteiger partial charge >= 0.3 is 0 Å². The summed E-state index contributed by atoms with van der Waals surface area (Å²) in [5.41, 5.74) is -2.04. The van der Waals surface area contributed by atoms with Crippen LogP contribution in [0.3, 0.4) is 0 Å². The molecule has 0 unspecified atom stereocenters. The molecule has 0 aliphatic heterocycles. The summed E-state index contributed by atoms with van der Waals surface area (Å²) in [7, 11) is 1.02. The Kier molecular flexibility index (Phi) is 3.21. The van der Waals surface area contributed by atoms with E-state index in [0.29, 0.717) is 0 Å². The first-order valence-electron chi connectivity index (χ1n) is 15.5. The van der Waals surface area contributed by atoms with Crippen molar-refractivity contribution in [3.8, 4) is 11.5 Å². The Morgan fingerprint density at radius 3 is 1.72 bits per heavy atom. The fraction of sp³-hybridized carbons (Fsp3) is 0.391. The maximum absolute atomic E-state index is 13.7. The molecule has 172 valence electrons. The van der Waals surface area contributed by atoms with Crippen LogP contribution in [0, 0.1) is 5.21 Å². The van der Waals surface area contributed by atoms with E-state index in [2.05, 4.69) is 10.6 Å². The molecule has 0 bridgehead atoms. The normalized spacial score (nSPS) is 20.7. The van der Waals surface area contributed by atoms with Gasteiger partial charge in [-0.2, -0.15) is 0 Å². The van der Waals surface area contributed by atoms with Gasteiger partial charge in [-0.15, -0.1) is 0 Å². The lowest BCUT2D eigenvalue weighted by Gasteiger charge is -2.34. The first kappa shape index (κ1) is 12.2.